The molecule has 0 bridgehead atoms. The molecule has 19 heavy (non-hydrogen) atoms. The van der Waals surface area contributed by atoms with E-state index in [0.29, 0.717) is 0 Å². The maximum atomic E-state index is 6.32. The van der Waals surface area contributed by atoms with Gasteiger partial charge in [0, 0.05) is 11.1 Å². The van der Waals surface area contributed by atoms with Gasteiger partial charge >= 0.3 is 0 Å². The molecule has 0 unspecified atom stereocenters. The summed E-state index contributed by atoms with van der Waals surface area (Å²) in [7, 11) is 4.25. The molecule has 0 spiro atoms. The van der Waals surface area contributed by atoms with Crippen molar-refractivity contribution in [1.82, 2.24) is 10.2 Å². The van der Waals surface area contributed by atoms with Gasteiger partial charge in [0.05, 0.1) is 12.2 Å². The molecule has 1 aliphatic rings. The van der Waals surface area contributed by atoms with E-state index in [1.165, 1.54) is 19.3 Å². The topological polar surface area (TPSA) is 24.5 Å². The summed E-state index contributed by atoms with van der Waals surface area (Å²) in [4.78, 5) is 2.24. The van der Waals surface area contributed by atoms with E-state index in [-0.39, 0.29) is 16.7 Å². The second kappa shape index (κ2) is 6.11. The Morgan fingerprint density at radius 3 is 2.05 bits per heavy atom. The third-order valence-corrected chi connectivity index (χ3v) is 4.44. The molecule has 3 heteroatoms. The maximum absolute atomic E-state index is 6.32. The Kier molecular flexibility index (Phi) is 5.44. The van der Waals surface area contributed by atoms with Crippen LogP contribution in [0.4, 0.5) is 0 Å². The van der Waals surface area contributed by atoms with Gasteiger partial charge in [-0.1, -0.05) is 0 Å². The largest absolute Gasteiger partial charge is 0.373 e. The highest BCUT2D eigenvalue weighted by Crippen LogP contribution is 2.39. The molecule has 0 saturated heterocycles. The summed E-state index contributed by atoms with van der Waals surface area (Å²) < 4.78 is 6.32. The SMILES string of the molecule is CN(C)C(C)(C)COC1(CCNC(C)(C)C)CCC1. The van der Waals surface area contributed by atoms with Crippen LogP contribution in [-0.2, 0) is 4.74 Å². The average molecular weight is 270 g/mol. The molecule has 1 aliphatic carbocycles. The molecule has 0 radical (unpaired) electrons. The molecule has 1 rings (SSSR count). The lowest BCUT2D eigenvalue weighted by molar-refractivity contribution is -0.130. The first-order valence-electron chi connectivity index (χ1n) is 7.63. The number of ether oxygens (including phenoxy) is 1. The second-order valence-corrected chi connectivity index (χ2v) is 7.96. The van der Waals surface area contributed by atoms with Crippen LogP contribution in [0.2, 0.25) is 0 Å². The first kappa shape index (κ1) is 16.9. The molecule has 3 nitrogen and oxygen atoms in total. The van der Waals surface area contributed by atoms with E-state index in [2.05, 4.69) is 58.9 Å². The van der Waals surface area contributed by atoms with Crippen LogP contribution < -0.4 is 5.32 Å². The van der Waals surface area contributed by atoms with E-state index in [9.17, 15) is 0 Å². The molecule has 114 valence electrons. The Labute approximate surface area is 120 Å². The standard InChI is InChI=1S/C16H34N2O/c1-14(2,3)17-12-11-16(9-8-10-16)19-13-15(4,5)18(6)7/h17H,8-13H2,1-7H3. The zero-order chi connectivity index (χ0) is 14.7. The lowest BCUT2D eigenvalue weighted by Gasteiger charge is -2.45. The molecule has 0 heterocycles. The lowest BCUT2D eigenvalue weighted by Crippen LogP contribution is -2.50. The molecule has 1 fully saturated rings. The van der Waals surface area contributed by atoms with Crippen LogP contribution in [0, 0.1) is 0 Å². The summed E-state index contributed by atoms with van der Waals surface area (Å²) in [6.07, 6.45) is 4.90. The van der Waals surface area contributed by atoms with Crippen LogP contribution in [0.1, 0.15) is 60.3 Å². The van der Waals surface area contributed by atoms with Gasteiger partial charge in [-0.15, -0.1) is 0 Å². The van der Waals surface area contributed by atoms with Crippen molar-refractivity contribution in [3.63, 3.8) is 0 Å². The molecule has 1 N–H and O–H groups in total. The molecular weight excluding hydrogens is 236 g/mol. The molecule has 0 atom stereocenters. The third kappa shape index (κ3) is 5.41. The van der Waals surface area contributed by atoms with Gasteiger partial charge in [-0.25, -0.2) is 0 Å². The van der Waals surface area contributed by atoms with Crippen molar-refractivity contribution in [2.75, 3.05) is 27.2 Å². The lowest BCUT2D eigenvalue weighted by atomic mass is 9.77. The summed E-state index contributed by atoms with van der Waals surface area (Å²) in [5.41, 5.74) is 0.458. The highest BCUT2D eigenvalue weighted by molar-refractivity contribution is 4.92. The summed E-state index contributed by atoms with van der Waals surface area (Å²) in [5, 5.41) is 3.58. The van der Waals surface area contributed by atoms with Gasteiger partial charge in [0.15, 0.2) is 0 Å². The summed E-state index contributed by atoms with van der Waals surface area (Å²) in [6.45, 7) is 13.0. The smallest absolute Gasteiger partial charge is 0.0695 e. The number of hydrogen-bond donors (Lipinski definition) is 1. The van der Waals surface area contributed by atoms with Crippen LogP contribution in [-0.4, -0.2) is 48.8 Å². The number of nitrogens with zero attached hydrogens (tertiary/aromatic N) is 1. The fourth-order valence-corrected chi connectivity index (χ4v) is 2.16. The fourth-order valence-electron chi connectivity index (χ4n) is 2.16. The summed E-state index contributed by atoms with van der Waals surface area (Å²) in [6, 6.07) is 0. The Morgan fingerprint density at radius 2 is 1.68 bits per heavy atom. The first-order chi connectivity index (χ1) is 8.56. The molecule has 0 aromatic rings. The maximum Gasteiger partial charge on any atom is 0.0695 e. The number of hydrogen-bond acceptors (Lipinski definition) is 3. The number of likely N-dealkylation sites (N-methyl/N-ethyl adjacent to an activating group) is 1. The van der Waals surface area contributed by atoms with Crippen molar-refractivity contribution in [1.29, 1.82) is 0 Å². The highest BCUT2D eigenvalue weighted by Gasteiger charge is 2.39. The molecule has 0 aliphatic heterocycles. The van der Waals surface area contributed by atoms with Gasteiger partial charge in [-0.05, 0) is 80.9 Å². The number of nitrogens with one attached hydrogen (secondary N) is 1. The van der Waals surface area contributed by atoms with Crippen LogP contribution in [0.15, 0.2) is 0 Å². The monoisotopic (exact) mass is 270 g/mol. The van der Waals surface area contributed by atoms with Gasteiger partial charge in [0.25, 0.3) is 0 Å². The number of rotatable bonds is 7. The Hall–Kier alpha value is -0.120. The van der Waals surface area contributed by atoms with Gasteiger partial charge in [-0.2, -0.15) is 0 Å². The van der Waals surface area contributed by atoms with Crippen molar-refractivity contribution in [2.45, 2.75) is 77.0 Å². The Morgan fingerprint density at radius 1 is 1.11 bits per heavy atom. The van der Waals surface area contributed by atoms with Crippen molar-refractivity contribution in [3.8, 4) is 0 Å². The normalized spacial score (nSPS) is 19.6. The van der Waals surface area contributed by atoms with E-state index in [0.717, 1.165) is 19.6 Å². The highest BCUT2D eigenvalue weighted by atomic mass is 16.5. The Bertz CT molecular complexity index is 275. The molecule has 0 amide bonds. The predicted molar refractivity (Wildman–Crippen MR) is 82.7 cm³/mol. The minimum absolute atomic E-state index is 0.111. The van der Waals surface area contributed by atoms with E-state index in [4.69, 9.17) is 4.74 Å². The first-order valence-corrected chi connectivity index (χ1v) is 7.63. The van der Waals surface area contributed by atoms with E-state index in [1.54, 1.807) is 0 Å². The zero-order valence-electron chi connectivity index (χ0n) is 14.1. The Balaban J connectivity index is 2.39. The van der Waals surface area contributed by atoms with E-state index in [1.807, 2.05) is 0 Å². The van der Waals surface area contributed by atoms with Gasteiger partial charge in [0.2, 0.25) is 0 Å². The summed E-state index contributed by atoms with van der Waals surface area (Å²) in [5.74, 6) is 0. The zero-order valence-corrected chi connectivity index (χ0v) is 14.1. The average Bonchev–Trinajstić information content (AvgIpc) is 2.18. The van der Waals surface area contributed by atoms with Crippen LogP contribution in [0.25, 0.3) is 0 Å². The van der Waals surface area contributed by atoms with Gasteiger partial charge in [0.1, 0.15) is 0 Å². The molecule has 1 saturated carbocycles. The van der Waals surface area contributed by atoms with Gasteiger partial charge < -0.3 is 15.0 Å². The van der Waals surface area contributed by atoms with Crippen molar-refractivity contribution in [2.24, 2.45) is 0 Å². The van der Waals surface area contributed by atoms with Crippen molar-refractivity contribution in [3.05, 3.63) is 0 Å². The van der Waals surface area contributed by atoms with Crippen LogP contribution >= 0.6 is 0 Å². The van der Waals surface area contributed by atoms with Crippen molar-refractivity contribution >= 4 is 0 Å². The van der Waals surface area contributed by atoms with E-state index >= 15 is 0 Å². The van der Waals surface area contributed by atoms with Crippen LogP contribution in [0.3, 0.4) is 0 Å². The van der Waals surface area contributed by atoms with Crippen molar-refractivity contribution < 1.29 is 4.74 Å². The summed E-state index contributed by atoms with van der Waals surface area (Å²) >= 11 is 0. The second-order valence-electron chi connectivity index (χ2n) is 7.96. The molecule has 0 aromatic heterocycles. The quantitative estimate of drug-likeness (QED) is 0.769. The van der Waals surface area contributed by atoms with Crippen LogP contribution in [0.5, 0.6) is 0 Å². The molecular formula is C16H34N2O. The third-order valence-electron chi connectivity index (χ3n) is 4.44. The molecule has 0 aromatic carbocycles. The minimum Gasteiger partial charge on any atom is -0.373 e. The van der Waals surface area contributed by atoms with E-state index < -0.39 is 0 Å². The van der Waals surface area contributed by atoms with Gasteiger partial charge in [-0.3, -0.25) is 0 Å². The fraction of sp³-hybridized carbons (Fsp3) is 1.00. The minimum atomic E-state index is 0.111. The predicted octanol–water partition coefficient (Wildman–Crippen LogP) is 3.04.